The summed E-state index contributed by atoms with van der Waals surface area (Å²) in [6, 6.07) is 4.01. The van der Waals surface area contributed by atoms with Gasteiger partial charge in [-0.2, -0.15) is 0 Å². The van der Waals surface area contributed by atoms with Gasteiger partial charge in [0.15, 0.2) is 6.29 Å². The first kappa shape index (κ1) is 12.2. The lowest BCUT2D eigenvalue weighted by Crippen LogP contribution is -2.22. The number of benzene rings is 1. The van der Waals surface area contributed by atoms with Gasteiger partial charge in [-0.05, 0) is 18.2 Å². The number of nitrogens with zero attached hydrogens (tertiary/aromatic N) is 1. The van der Waals surface area contributed by atoms with Crippen LogP contribution in [0.15, 0.2) is 23.1 Å². The first-order valence-electron chi connectivity index (χ1n) is 4.07. The largest absolute Gasteiger partial charge is 0.298 e. The van der Waals surface area contributed by atoms with Gasteiger partial charge in [-0.3, -0.25) is 4.79 Å². The maximum atomic E-state index is 11.7. The number of carbonyl (C=O) groups is 1. The van der Waals surface area contributed by atoms with E-state index in [1.807, 2.05) is 0 Å². The second-order valence-corrected chi connectivity index (χ2v) is 5.65. The summed E-state index contributed by atoms with van der Waals surface area (Å²) in [7, 11) is -0.668. The van der Waals surface area contributed by atoms with Crippen LogP contribution in [-0.4, -0.2) is 33.1 Å². The van der Waals surface area contributed by atoms with E-state index in [0.29, 0.717) is 6.29 Å². The molecule has 82 valence electrons. The van der Waals surface area contributed by atoms with Crippen molar-refractivity contribution < 1.29 is 13.2 Å². The van der Waals surface area contributed by atoms with Crippen molar-refractivity contribution in [3.8, 4) is 0 Å². The number of carbonyl (C=O) groups excluding carboxylic acids is 1. The standard InChI is InChI=1S/C9H10ClNO3S/c1-11(2)15(13,14)8-3-4-9(10)7(5-8)6-12/h3-6H,1-2H3. The van der Waals surface area contributed by atoms with Gasteiger partial charge in [0.1, 0.15) is 0 Å². The molecule has 4 nitrogen and oxygen atoms in total. The van der Waals surface area contributed by atoms with Gasteiger partial charge in [0.25, 0.3) is 0 Å². The Bertz CT molecular complexity index is 482. The molecule has 0 N–H and O–H groups in total. The van der Waals surface area contributed by atoms with E-state index in [-0.39, 0.29) is 15.5 Å². The molecule has 1 rings (SSSR count). The molecule has 0 bridgehead atoms. The Hall–Kier alpha value is -0.910. The molecule has 0 saturated heterocycles. The van der Waals surface area contributed by atoms with Gasteiger partial charge in [0, 0.05) is 19.7 Å². The van der Waals surface area contributed by atoms with Crippen LogP contribution in [0.25, 0.3) is 0 Å². The average Bonchev–Trinajstić information content (AvgIpc) is 2.18. The lowest BCUT2D eigenvalue weighted by molar-refractivity contribution is 0.112. The topological polar surface area (TPSA) is 54.5 Å². The van der Waals surface area contributed by atoms with Crippen molar-refractivity contribution in [1.82, 2.24) is 4.31 Å². The number of rotatable bonds is 3. The van der Waals surface area contributed by atoms with Gasteiger partial charge in [-0.15, -0.1) is 0 Å². The van der Waals surface area contributed by atoms with E-state index in [0.717, 1.165) is 4.31 Å². The molecule has 1 aromatic rings. The van der Waals surface area contributed by atoms with Crippen molar-refractivity contribution in [2.24, 2.45) is 0 Å². The third kappa shape index (κ3) is 2.37. The van der Waals surface area contributed by atoms with Crippen molar-refractivity contribution in [2.75, 3.05) is 14.1 Å². The molecule has 0 saturated carbocycles. The van der Waals surface area contributed by atoms with E-state index in [2.05, 4.69) is 0 Å². The van der Waals surface area contributed by atoms with Gasteiger partial charge in [-0.25, -0.2) is 12.7 Å². The maximum absolute atomic E-state index is 11.7. The summed E-state index contributed by atoms with van der Waals surface area (Å²) in [6.45, 7) is 0. The summed E-state index contributed by atoms with van der Waals surface area (Å²) in [5, 5.41) is 0.239. The van der Waals surface area contributed by atoms with E-state index >= 15 is 0 Å². The summed E-state index contributed by atoms with van der Waals surface area (Å²) in [5.41, 5.74) is 0.166. The van der Waals surface area contributed by atoms with Crippen LogP contribution >= 0.6 is 11.6 Å². The molecule has 0 heterocycles. The average molecular weight is 248 g/mol. The lowest BCUT2D eigenvalue weighted by atomic mass is 10.2. The number of hydrogen-bond acceptors (Lipinski definition) is 3. The fraction of sp³-hybridized carbons (Fsp3) is 0.222. The number of halogens is 1. The van der Waals surface area contributed by atoms with Crippen LogP contribution in [0.3, 0.4) is 0 Å². The van der Waals surface area contributed by atoms with Crippen LogP contribution in [0.5, 0.6) is 0 Å². The van der Waals surface area contributed by atoms with Crippen molar-refractivity contribution in [2.45, 2.75) is 4.90 Å². The first-order chi connectivity index (χ1) is 6.89. The normalized spacial score (nSPS) is 11.7. The minimum atomic E-state index is -3.51. The molecule has 0 aliphatic heterocycles. The minimum Gasteiger partial charge on any atom is -0.298 e. The number of aldehydes is 1. The molecular weight excluding hydrogens is 238 g/mol. The van der Waals surface area contributed by atoms with Crippen LogP contribution in [0.4, 0.5) is 0 Å². The summed E-state index contributed by atoms with van der Waals surface area (Å²) >= 11 is 5.69. The van der Waals surface area contributed by atoms with Crippen molar-refractivity contribution >= 4 is 27.9 Å². The van der Waals surface area contributed by atoms with Gasteiger partial charge < -0.3 is 0 Å². The number of sulfonamides is 1. The third-order valence-corrected chi connectivity index (χ3v) is 4.03. The van der Waals surface area contributed by atoms with Gasteiger partial charge >= 0.3 is 0 Å². The van der Waals surface area contributed by atoms with Gasteiger partial charge in [-0.1, -0.05) is 11.6 Å². The van der Waals surface area contributed by atoms with Crippen LogP contribution in [0.1, 0.15) is 10.4 Å². The van der Waals surface area contributed by atoms with E-state index in [9.17, 15) is 13.2 Å². The highest BCUT2D eigenvalue weighted by Gasteiger charge is 2.18. The molecule has 0 radical (unpaired) electrons. The quantitative estimate of drug-likeness (QED) is 0.759. The second-order valence-electron chi connectivity index (χ2n) is 3.09. The Labute approximate surface area is 93.5 Å². The van der Waals surface area contributed by atoms with Crippen LogP contribution in [0, 0.1) is 0 Å². The fourth-order valence-corrected chi connectivity index (χ4v) is 2.08. The molecule has 0 aliphatic rings. The molecule has 0 amide bonds. The summed E-state index contributed by atoms with van der Waals surface area (Å²) < 4.78 is 24.4. The van der Waals surface area contributed by atoms with Gasteiger partial charge in [0.05, 0.1) is 9.92 Å². The summed E-state index contributed by atoms with van der Waals surface area (Å²) in [5.74, 6) is 0. The zero-order valence-electron chi connectivity index (χ0n) is 8.27. The van der Waals surface area contributed by atoms with Crippen LogP contribution < -0.4 is 0 Å². The molecule has 0 spiro atoms. The van der Waals surface area contributed by atoms with Crippen molar-refractivity contribution in [3.05, 3.63) is 28.8 Å². The van der Waals surface area contributed by atoms with E-state index in [4.69, 9.17) is 11.6 Å². The Morgan fingerprint density at radius 3 is 2.40 bits per heavy atom. The molecule has 0 aliphatic carbocycles. The smallest absolute Gasteiger partial charge is 0.242 e. The monoisotopic (exact) mass is 247 g/mol. The molecular formula is C9H10ClNO3S. The van der Waals surface area contributed by atoms with Crippen LogP contribution in [-0.2, 0) is 10.0 Å². The van der Waals surface area contributed by atoms with E-state index in [1.54, 1.807) is 0 Å². The predicted molar refractivity (Wildman–Crippen MR) is 57.7 cm³/mol. The molecule has 6 heteroatoms. The zero-order valence-corrected chi connectivity index (χ0v) is 9.84. The molecule has 0 aromatic heterocycles. The van der Waals surface area contributed by atoms with Crippen molar-refractivity contribution in [3.63, 3.8) is 0 Å². The van der Waals surface area contributed by atoms with Crippen LogP contribution in [0.2, 0.25) is 5.02 Å². The Balaban J connectivity index is 3.35. The predicted octanol–water partition coefficient (Wildman–Crippen LogP) is 1.40. The highest BCUT2D eigenvalue weighted by Crippen LogP contribution is 2.20. The third-order valence-electron chi connectivity index (χ3n) is 1.87. The first-order valence-corrected chi connectivity index (χ1v) is 5.88. The van der Waals surface area contributed by atoms with E-state index < -0.39 is 10.0 Å². The Kier molecular flexibility index (Phi) is 3.49. The minimum absolute atomic E-state index is 0.0546. The molecule has 0 fully saturated rings. The summed E-state index contributed by atoms with van der Waals surface area (Å²) in [4.78, 5) is 10.6. The highest BCUT2D eigenvalue weighted by molar-refractivity contribution is 7.89. The number of hydrogen-bond donors (Lipinski definition) is 0. The lowest BCUT2D eigenvalue weighted by Gasteiger charge is -2.11. The molecule has 1 aromatic carbocycles. The SMILES string of the molecule is CN(C)S(=O)(=O)c1ccc(Cl)c(C=O)c1. The zero-order chi connectivity index (χ0) is 11.6. The Morgan fingerprint density at radius 2 is 1.93 bits per heavy atom. The fourth-order valence-electron chi connectivity index (χ4n) is 0.983. The van der Waals surface area contributed by atoms with Crippen molar-refractivity contribution in [1.29, 1.82) is 0 Å². The molecule has 15 heavy (non-hydrogen) atoms. The Morgan fingerprint density at radius 1 is 1.33 bits per heavy atom. The van der Waals surface area contributed by atoms with Gasteiger partial charge in [0.2, 0.25) is 10.0 Å². The molecule has 0 unspecified atom stereocenters. The maximum Gasteiger partial charge on any atom is 0.242 e. The molecule has 0 atom stereocenters. The highest BCUT2D eigenvalue weighted by atomic mass is 35.5. The van der Waals surface area contributed by atoms with E-state index in [1.165, 1.54) is 32.3 Å². The second kappa shape index (κ2) is 4.30. The summed E-state index contributed by atoms with van der Waals surface area (Å²) in [6.07, 6.45) is 0.525.